The monoisotopic (exact) mass is 331 g/mol. The smallest absolute Gasteiger partial charge is 0.0679 e. The predicted molar refractivity (Wildman–Crippen MR) is 102 cm³/mol. The Labute approximate surface area is 145 Å². The normalized spacial score (nSPS) is 11.2. The van der Waals surface area contributed by atoms with Gasteiger partial charge in [0.1, 0.15) is 0 Å². The number of unbranched alkanes of at least 4 members (excludes halogenated alkanes) is 16. The molecule has 0 atom stereocenters. The topological polar surface area (TPSA) is 35.2 Å². The Bertz CT molecular complexity index is 170. The summed E-state index contributed by atoms with van der Waals surface area (Å²) in [6, 6.07) is 0. The summed E-state index contributed by atoms with van der Waals surface area (Å²) in [6.45, 7) is 0.718. The summed E-state index contributed by atoms with van der Waals surface area (Å²) in [7, 11) is 0. The van der Waals surface area contributed by atoms with E-state index in [0.717, 1.165) is 18.8 Å². The first-order valence-electron chi connectivity index (χ1n) is 9.84. The van der Waals surface area contributed by atoms with Gasteiger partial charge in [0.15, 0.2) is 0 Å². The van der Waals surface area contributed by atoms with Gasteiger partial charge in [0.2, 0.25) is 0 Å². The first-order chi connectivity index (χ1) is 10.9. The zero-order valence-electron chi connectivity index (χ0n) is 14.9. The maximum atomic E-state index is 5.00. The fraction of sp³-hybridized carbons (Fsp3) is 1.00. The zero-order chi connectivity index (χ0) is 16.1. The number of thiol groups is 1. The highest BCUT2D eigenvalue weighted by Crippen LogP contribution is 2.14. The van der Waals surface area contributed by atoms with Crippen molar-refractivity contribution >= 4 is 12.6 Å². The van der Waals surface area contributed by atoms with Crippen LogP contribution in [0.25, 0.3) is 0 Å². The zero-order valence-corrected chi connectivity index (χ0v) is 15.8. The lowest BCUT2D eigenvalue weighted by Crippen LogP contribution is -2.00. The maximum absolute atomic E-state index is 5.00. The second-order valence-corrected chi connectivity index (χ2v) is 7.05. The number of hydrogen-bond acceptors (Lipinski definition) is 3. The van der Waals surface area contributed by atoms with Crippen molar-refractivity contribution in [1.82, 2.24) is 0 Å². The molecule has 134 valence electrons. The number of rotatable bonds is 19. The van der Waals surface area contributed by atoms with Gasteiger partial charge in [-0.2, -0.15) is 12.6 Å². The standard InChI is InChI=1S/C19H41NOS/c20-21-18-16-14-12-10-8-6-4-2-1-3-5-7-9-11-13-15-17-19-22/h22H,1-20H2. The molecule has 0 saturated carbocycles. The van der Waals surface area contributed by atoms with Crippen molar-refractivity contribution in [3.05, 3.63) is 0 Å². The molecule has 0 aliphatic carbocycles. The van der Waals surface area contributed by atoms with Gasteiger partial charge in [-0.25, -0.2) is 5.90 Å². The van der Waals surface area contributed by atoms with Crippen LogP contribution in [-0.2, 0) is 4.84 Å². The summed E-state index contributed by atoms with van der Waals surface area (Å²) in [5, 5.41) is 0. The third-order valence-corrected chi connectivity index (χ3v) is 4.74. The average Bonchev–Trinajstić information content (AvgIpc) is 2.54. The number of hydrogen-bond donors (Lipinski definition) is 2. The Kier molecular flexibility index (Phi) is 21.5. The van der Waals surface area contributed by atoms with E-state index in [0.29, 0.717) is 0 Å². The molecule has 0 bridgehead atoms. The predicted octanol–water partition coefficient (Wildman–Crippen LogP) is 6.44. The van der Waals surface area contributed by atoms with Crippen LogP contribution in [0.3, 0.4) is 0 Å². The van der Waals surface area contributed by atoms with Crippen LogP contribution in [0.5, 0.6) is 0 Å². The summed E-state index contributed by atoms with van der Waals surface area (Å²) < 4.78 is 0. The van der Waals surface area contributed by atoms with Gasteiger partial charge in [-0.15, -0.1) is 0 Å². The summed E-state index contributed by atoms with van der Waals surface area (Å²) in [6.07, 6.45) is 23.6. The summed E-state index contributed by atoms with van der Waals surface area (Å²) >= 11 is 4.25. The van der Waals surface area contributed by atoms with E-state index in [1.807, 2.05) is 0 Å². The highest BCUT2D eigenvalue weighted by molar-refractivity contribution is 7.80. The van der Waals surface area contributed by atoms with Crippen molar-refractivity contribution in [3.63, 3.8) is 0 Å². The Morgan fingerprint density at radius 1 is 0.455 bits per heavy atom. The summed E-state index contributed by atoms with van der Waals surface area (Å²) in [5.41, 5.74) is 0. The second kappa shape index (κ2) is 21.3. The van der Waals surface area contributed by atoms with Crippen LogP contribution in [0.2, 0.25) is 0 Å². The third-order valence-electron chi connectivity index (χ3n) is 4.42. The summed E-state index contributed by atoms with van der Waals surface area (Å²) in [4.78, 5) is 4.57. The van der Waals surface area contributed by atoms with E-state index in [1.54, 1.807) is 0 Å². The van der Waals surface area contributed by atoms with E-state index >= 15 is 0 Å². The van der Waals surface area contributed by atoms with Crippen molar-refractivity contribution in [2.75, 3.05) is 12.4 Å². The van der Waals surface area contributed by atoms with Gasteiger partial charge in [0.25, 0.3) is 0 Å². The van der Waals surface area contributed by atoms with Crippen LogP contribution in [0, 0.1) is 0 Å². The van der Waals surface area contributed by atoms with Crippen molar-refractivity contribution in [2.45, 2.75) is 109 Å². The van der Waals surface area contributed by atoms with Crippen molar-refractivity contribution in [3.8, 4) is 0 Å². The molecule has 0 saturated heterocycles. The van der Waals surface area contributed by atoms with E-state index in [9.17, 15) is 0 Å². The molecule has 0 aromatic rings. The van der Waals surface area contributed by atoms with Gasteiger partial charge in [-0.05, 0) is 18.6 Å². The van der Waals surface area contributed by atoms with Crippen molar-refractivity contribution in [1.29, 1.82) is 0 Å². The van der Waals surface area contributed by atoms with E-state index in [1.165, 1.54) is 103 Å². The molecule has 0 heterocycles. The minimum atomic E-state index is 0.718. The van der Waals surface area contributed by atoms with Crippen molar-refractivity contribution < 1.29 is 4.84 Å². The van der Waals surface area contributed by atoms with Crippen LogP contribution >= 0.6 is 12.6 Å². The first kappa shape index (κ1) is 22.3. The molecule has 0 aromatic heterocycles. The summed E-state index contributed by atoms with van der Waals surface area (Å²) in [5.74, 6) is 6.06. The molecule has 22 heavy (non-hydrogen) atoms. The molecule has 2 nitrogen and oxygen atoms in total. The molecular formula is C19H41NOS. The lowest BCUT2D eigenvalue weighted by atomic mass is 10.0. The van der Waals surface area contributed by atoms with Gasteiger partial charge in [-0.1, -0.05) is 96.3 Å². The molecular weight excluding hydrogens is 290 g/mol. The van der Waals surface area contributed by atoms with Crippen LogP contribution in [0.1, 0.15) is 109 Å². The van der Waals surface area contributed by atoms with Gasteiger partial charge in [0, 0.05) is 0 Å². The maximum Gasteiger partial charge on any atom is 0.0679 e. The number of nitrogens with two attached hydrogens (primary N) is 1. The van der Waals surface area contributed by atoms with Gasteiger partial charge >= 0.3 is 0 Å². The minimum absolute atomic E-state index is 0.718. The largest absolute Gasteiger partial charge is 0.305 e. The van der Waals surface area contributed by atoms with Gasteiger partial charge < -0.3 is 4.84 Å². The highest BCUT2D eigenvalue weighted by atomic mass is 32.1. The van der Waals surface area contributed by atoms with E-state index in [2.05, 4.69) is 17.5 Å². The molecule has 0 spiro atoms. The highest BCUT2D eigenvalue weighted by Gasteiger charge is 1.95. The molecule has 3 heteroatoms. The van der Waals surface area contributed by atoms with Crippen LogP contribution in [-0.4, -0.2) is 12.4 Å². The Balaban J connectivity index is 2.91. The molecule has 2 N–H and O–H groups in total. The second-order valence-electron chi connectivity index (χ2n) is 6.60. The van der Waals surface area contributed by atoms with Crippen LogP contribution in [0.4, 0.5) is 0 Å². The molecule has 0 aliphatic rings. The Morgan fingerprint density at radius 3 is 1.00 bits per heavy atom. The lowest BCUT2D eigenvalue weighted by Gasteiger charge is -2.03. The molecule has 0 unspecified atom stereocenters. The van der Waals surface area contributed by atoms with E-state index in [4.69, 9.17) is 5.90 Å². The first-order valence-corrected chi connectivity index (χ1v) is 10.5. The molecule has 0 aliphatic heterocycles. The van der Waals surface area contributed by atoms with Crippen LogP contribution in [0.15, 0.2) is 0 Å². The van der Waals surface area contributed by atoms with E-state index in [-0.39, 0.29) is 0 Å². The quantitative estimate of drug-likeness (QED) is 0.162. The Hall–Kier alpha value is 0.270. The van der Waals surface area contributed by atoms with Crippen molar-refractivity contribution in [2.24, 2.45) is 5.90 Å². The average molecular weight is 332 g/mol. The fourth-order valence-corrected chi connectivity index (χ4v) is 3.17. The van der Waals surface area contributed by atoms with Crippen LogP contribution < -0.4 is 5.90 Å². The Morgan fingerprint density at radius 2 is 0.727 bits per heavy atom. The third kappa shape index (κ3) is 20.3. The molecule has 0 amide bonds. The lowest BCUT2D eigenvalue weighted by molar-refractivity contribution is 0.133. The van der Waals surface area contributed by atoms with Gasteiger partial charge in [-0.3, -0.25) is 0 Å². The SMILES string of the molecule is NOCCCCCCCCCCCCCCCCCCCS. The van der Waals surface area contributed by atoms with E-state index < -0.39 is 0 Å². The van der Waals surface area contributed by atoms with Gasteiger partial charge in [0.05, 0.1) is 6.61 Å². The molecule has 0 fully saturated rings. The molecule has 0 radical (unpaired) electrons. The fourth-order valence-electron chi connectivity index (χ4n) is 2.95. The molecule has 0 aromatic carbocycles. The minimum Gasteiger partial charge on any atom is -0.305 e. The molecule has 0 rings (SSSR count).